The van der Waals surface area contributed by atoms with Crippen molar-refractivity contribution in [2.45, 2.75) is 19.4 Å². The Balaban J connectivity index is 2.27. The van der Waals surface area contributed by atoms with Crippen molar-refractivity contribution in [2.24, 2.45) is 0 Å². The van der Waals surface area contributed by atoms with Gasteiger partial charge in [-0.1, -0.05) is 17.7 Å². The molecule has 0 saturated heterocycles. The number of aromatic nitrogens is 3. The van der Waals surface area contributed by atoms with E-state index in [4.69, 9.17) is 11.6 Å². The zero-order valence-corrected chi connectivity index (χ0v) is 10.3. The summed E-state index contributed by atoms with van der Waals surface area (Å²) in [6.07, 6.45) is -2.76. The Bertz CT molecular complexity index is 618. The van der Waals surface area contributed by atoms with Crippen LogP contribution in [0.15, 0.2) is 23.0 Å². The summed E-state index contributed by atoms with van der Waals surface area (Å²) in [5.74, 6) is -0.464. The van der Waals surface area contributed by atoms with Crippen LogP contribution in [0.1, 0.15) is 11.4 Å². The first kappa shape index (κ1) is 13.7. The van der Waals surface area contributed by atoms with E-state index in [1.54, 1.807) is 0 Å². The molecule has 102 valence electrons. The number of nitrogens with zero attached hydrogens (tertiary/aromatic N) is 2. The van der Waals surface area contributed by atoms with Gasteiger partial charge < -0.3 is 0 Å². The van der Waals surface area contributed by atoms with Crippen LogP contribution in [-0.2, 0) is 13.0 Å². The van der Waals surface area contributed by atoms with Gasteiger partial charge in [-0.3, -0.25) is 4.98 Å². The Morgan fingerprint density at radius 3 is 2.79 bits per heavy atom. The fraction of sp³-hybridized carbons (Fsp3) is 0.273. The number of aromatic amines is 1. The summed E-state index contributed by atoms with van der Waals surface area (Å²) >= 11 is 5.82. The van der Waals surface area contributed by atoms with Crippen molar-refractivity contribution in [2.75, 3.05) is 0 Å². The number of alkyl halides is 2. The van der Waals surface area contributed by atoms with Crippen LogP contribution >= 0.6 is 11.6 Å². The zero-order valence-electron chi connectivity index (χ0n) is 9.54. The molecule has 1 heterocycles. The number of hydrogen-bond acceptors (Lipinski definition) is 2. The van der Waals surface area contributed by atoms with Gasteiger partial charge in [0, 0.05) is 17.0 Å². The van der Waals surface area contributed by atoms with Crippen LogP contribution in [0.3, 0.4) is 0 Å². The van der Waals surface area contributed by atoms with Gasteiger partial charge in [0.15, 0.2) is 0 Å². The van der Waals surface area contributed by atoms with Gasteiger partial charge >= 0.3 is 5.69 Å². The van der Waals surface area contributed by atoms with Gasteiger partial charge in [-0.05, 0) is 12.1 Å². The predicted molar refractivity (Wildman–Crippen MR) is 63.1 cm³/mol. The summed E-state index contributed by atoms with van der Waals surface area (Å²) < 4.78 is 38.5. The topological polar surface area (TPSA) is 50.7 Å². The highest BCUT2D eigenvalue weighted by Gasteiger charge is 2.14. The van der Waals surface area contributed by atoms with E-state index in [0.29, 0.717) is 4.68 Å². The molecule has 2 aromatic rings. The molecule has 0 fully saturated rings. The summed E-state index contributed by atoms with van der Waals surface area (Å²) in [7, 11) is 0. The number of H-pyrrole nitrogens is 1. The molecular weight excluding hydrogens is 283 g/mol. The molecule has 0 unspecified atom stereocenters. The van der Waals surface area contributed by atoms with E-state index < -0.39 is 24.5 Å². The van der Waals surface area contributed by atoms with Crippen LogP contribution in [0, 0.1) is 5.82 Å². The molecule has 0 saturated carbocycles. The predicted octanol–water partition coefficient (Wildman–Crippen LogP) is 2.22. The summed E-state index contributed by atoms with van der Waals surface area (Å²) in [6.45, 7) is -0.805. The molecule has 0 aliphatic carbocycles. The Kier molecular flexibility index (Phi) is 3.94. The normalized spacial score (nSPS) is 11.2. The lowest BCUT2D eigenvalue weighted by atomic mass is 10.1. The van der Waals surface area contributed by atoms with Crippen LogP contribution in [-0.4, -0.2) is 21.2 Å². The molecule has 0 amide bonds. The zero-order chi connectivity index (χ0) is 14.0. The number of rotatable bonds is 4. The standard InChI is InChI=1S/C11H9ClF3N3O/c12-7-2-1-3-8(13)6(7)4-10-16-11(19)18(17-10)5-9(14)15/h1-3,9H,4-5H2,(H,16,17,19). The van der Waals surface area contributed by atoms with Crippen LogP contribution in [0.4, 0.5) is 13.2 Å². The number of benzene rings is 1. The fourth-order valence-electron chi connectivity index (χ4n) is 1.61. The number of nitrogens with one attached hydrogen (secondary N) is 1. The molecule has 1 aromatic carbocycles. The maximum absolute atomic E-state index is 13.5. The Hall–Kier alpha value is -1.76. The SMILES string of the molecule is O=c1[nH]c(Cc2c(F)cccc2Cl)nn1CC(F)F. The summed E-state index contributed by atoms with van der Waals surface area (Å²) in [6, 6.07) is 4.16. The Morgan fingerprint density at radius 1 is 1.42 bits per heavy atom. The highest BCUT2D eigenvalue weighted by molar-refractivity contribution is 6.31. The third-order valence-electron chi connectivity index (χ3n) is 2.44. The molecule has 8 heteroatoms. The van der Waals surface area contributed by atoms with Gasteiger partial charge in [0.2, 0.25) is 0 Å². The molecule has 19 heavy (non-hydrogen) atoms. The minimum absolute atomic E-state index is 0.0724. The number of hydrogen-bond donors (Lipinski definition) is 1. The van der Waals surface area contributed by atoms with Crippen molar-refractivity contribution in [3.8, 4) is 0 Å². The van der Waals surface area contributed by atoms with Gasteiger partial charge in [-0.15, -0.1) is 0 Å². The second-order valence-electron chi connectivity index (χ2n) is 3.83. The summed E-state index contributed by atoms with van der Waals surface area (Å²) in [5.41, 5.74) is -0.607. The van der Waals surface area contributed by atoms with Crippen LogP contribution in [0.25, 0.3) is 0 Å². The minimum atomic E-state index is -2.69. The van der Waals surface area contributed by atoms with E-state index in [1.807, 2.05) is 0 Å². The maximum Gasteiger partial charge on any atom is 0.343 e. The van der Waals surface area contributed by atoms with Gasteiger partial charge in [0.05, 0.1) is 0 Å². The van der Waals surface area contributed by atoms with Crippen molar-refractivity contribution in [3.05, 3.63) is 50.9 Å². The summed E-state index contributed by atoms with van der Waals surface area (Å²) in [4.78, 5) is 13.6. The lowest BCUT2D eigenvalue weighted by molar-refractivity contribution is 0.120. The molecule has 0 spiro atoms. The fourth-order valence-corrected chi connectivity index (χ4v) is 1.84. The molecular formula is C11H9ClF3N3O. The van der Waals surface area contributed by atoms with Gasteiger partial charge in [0.1, 0.15) is 18.2 Å². The lowest BCUT2D eigenvalue weighted by Gasteiger charge is -2.02. The van der Waals surface area contributed by atoms with Gasteiger partial charge in [0.25, 0.3) is 6.43 Å². The molecule has 0 bridgehead atoms. The van der Waals surface area contributed by atoms with Gasteiger partial charge in [-0.25, -0.2) is 22.6 Å². The summed E-state index contributed by atoms with van der Waals surface area (Å²) in [5, 5.41) is 3.86. The first-order chi connectivity index (χ1) is 8.97. The highest BCUT2D eigenvalue weighted by atomic mass is 35.5. The van der Waals surface area contributed by atoms with Gasteiger partial charge in [-0.2, -0.15) is 5.10 Å². The van der Waals surface area contributed by atoms with Crippen molar-refractivity contribution in [1.29, 1.82) is 0 Å². The molecule has 0 radical (unpaired) electrons. The van der Waals surface area contributed by atoms with E-state index in [-0.39, 0.29) is 22.8 Å². The molecule has 1 aromatic heterocycles. The van der Waals surface area contributed by atoms with E-state index in [2.05, 4.69) is 10.1 Å². The molecule has 1 N–H and O–H groups in total. The Labute approximate surface area is 110 Å². The second-order valence-corrected chi connectivity index (χ2v) is 4.23. The lowest BCUT2D eigenvalue weighted by Crippen LogP contribution is -2.21. The average molecular weight is 292 g/mol. The van der Waals surface area contributed by atoms with E-state index >= 15 is 0 Å². The molecule has 0 atom stereocenters. The van der Waals surface area contributed by atoms with Crippen molar-refractivity contribution in [3.63, 3.8) is 0 Å². The maximum atomic E-state index is 13.5. The van der Waals surface area contributed by atoms with E-state index in [0.717, 1.165) is 0 Å². The van der Waals surface area contributed by atoms with E-state index in [9.17, 15) is 18.0 Å². The molecule has 0 aliphatic heterocycles. The largest absolute Gasteiger partial charge is 0.343 e. The first-order valence-electron chi connectivity index (χ1n) is 5.34. The Morgan fingerprint density at radius 2 is 2.16 bits per heavy atom. The van der Waals surface area contributed by atoms with Crippen molar-refractivity contribution < 1.29 is 13.2 Å². The van der Waals surface area contributed by atoms with Crippen molar-refractivity contribution >= 4 is 11.6 Å². The molecule has 0 aliphatic rings. The third-order valence-corrected chi connectivity index (χ3v) is 2.80. The highest BCUT2D eigenvalue weighted by Crippen LogP contribution is 2.20. The minimum Gasteiger partial charge on any atom is -0.292 e. The van der Waals surface area contributed by atoms with Crippen molar-refractivity contribution in [1.82, 2.24) is 14.8 Å². The van der Waals surface area contributed by atoms with Crippen LogP contribution in [0.2, 0.25) is 5.02 Å². The van der Waals surface area contributed by atoms with E-state index in [1.165, 1.54) is 18.2 Å². The third kappa shape index (κ3) is 3.17. The first-order valence-corrected chi connectivity index (χ1v) is 5.72. The quantitative estimate of drug-likeness (QED) is 0.939. The average Bonchev–Trinajstić information content (AvgIpc) is 2.64. The molecule has 4 nitrogen and oxygen atoms in total. The molecule has 2 rings (SSSR count). The second kappa shape index (κ2) is 5.48. The monoisotopic (exact) mass is 291 g/mol. The van der Waals surface area contributed by atoms with Crippen LogP contribution in [0.5, 0.6) is 0 Å². The smallest absolute Gasteiger partial charge is 0.292 e. The number of halogens is 4. The van der Waals surface area contributed by atoms with Crippen LogP contribution < -0.4 is 5.69 Å².